The molecule has 2 aromatic rings. The Kier molecular flexibility index (Phi) is 5.21. The summed E-state index contributed by atoms with van der Waals surface area (Å²) in [6, 6.07) is 11.1. The fourth-order valence-electron chi connectivity index (χ4n) is 2.06. The standard InChI is InChI=1S/C15H15Cl2NO3S/c1-3-18(14-7-5-4-6-12(14)16)22(19,20)11-8-9-15(21-2)13(17)10-11/h4-10H,3H2,1-2H3. The molecule has 22 heavy (non-hydrogen) atoms. The van der Waals surface area contributed by atoms with Crippen LogP contribution < -0.4 is 9.04 Å². The molecule has 2 aromatic carbocycles. The first-order valence-corrected chi connectivity index (χ1v) is 8.72. The second-order valence-electron chi connectivity index (χ2n) is 4.42. The largest absolute Gasteiger partial charge is 0.495 e. The first-order valence-electron chi connectivity index (χ1n) is 6.52. The van der Waals surface area contributed by atoms with Crippen molar-refractivity contribution in [2.75, 3.05) is 18.0 Å². The van der Waals surface area contributed by atoms with Gasteiger partial charge in [-0.05, 0) is 37.3 Å². The summed E-state index contributed by atoms with van der Waals surface area (Å²) in [5.41, 5.74) is 0.429. The lowest BCUT2D eigenvalue weighted by atomic mass is 10.3. The van der Waals surface area contributed by atoms with E-state index in [1.807, 2.05) is 0 Å². The van der Waals surface area contributed by atoms with Gasteiger partial charge in [0.2, 0.25) is 0 Å². The SMILES string of the molecule is CCN(c1ccccc1Cl)S(=O)(=O)c1ccc(OC)c(Cl)c1. The summed E-state index contributed by atoms with van der Waals surface area (Å²) in [6.07, 6.45) is 0. The second kappa shape index (κ2) is 6.77. The number of rotatable bonds is 5. The molecule has 0 aliphatic carbocycles. The highest BCUT2D eigenvalue weighted by Gasteiger charge is 2.25. The van der Waals surface area contributed by atoms with Gasteiger partial charge in [-0.15, -0.1) is 0 Å². The van der Waals surface area contributed by atoms with E-state index in [2.05, 4.69) is 0 Å². The van der Waals surface area contributed by atoms with Crippen LogP contribution in [0.15, 0.2) is 47.4 Å². The molecule has 0 saturated carbocycles. The van der Waals surface area contributed by atoms with Gasteiger partial charge in [0, 0.05) is 6.54 Å². The van der Waals surface area contributed by atoms with E-state index in [1.165, 1.54) is 29.6 Å². The van der Waals surface area contributed by atoms with E-state index < -0.39 is 10.0 Å². The Balaban J connectivity index is 2.52. The first kappa shape index (κ1) is 16.9. The Morgan fingerprint density at radius 2 is 1.77 bits per heavy atom. The molecule has 0 amide bonds. The Hall–Kier alpha value is -1.43. The highest BCUT2D eigenvalue weighted by Crippen LogP contribution is 2.32. The van der Waals surface area contributed by atoms with Gasteiger partial charge in [0.05, 0.1) is 27.7 Å². The number of ether oxygens (including phenoxy) is 1. The van der Waals surface area contributed by atoms with E-state index in [-0.39, 0.29) is 16.5 Å². The maximum absolute atomic E-state index is 12.8. The van der Waals surface area contributed by atoms with E-state index in [1.54, 1.807) is 31.2 Å². The van der Waals surface area contributed by atoms with Crippen LogP contribution in [-0.2, 0) is 10.0 Å². The number of sulfonamides is 1. The molecular formula is C15H15Cl2NO3S. The molecule has 0 N–H and O–H groups in total. The second-order valence-corrected chi connectivity index (χ2v) is 7.09. The summed E-state index contributed by atoms with van der Waals surface area (Å²) in [4.78, 5) is 0.0834. The summed E-state index contributed by atoms with van der Waals surface area (Å²) in [6.45, 7) is 1.99. The first-order chi connectivity index (χ1) is 10.4. The number of anilines is 1. The maximum atomic E-state index is 12.8. The molecule has 2 rings (SSSR count). The van der Waals surface area contributed by atoms with Crippen molar-refractivity contribution in [3.8, 4) is 5.75 Å². The maximum Gasteiger partial charge on any atom is 0.264 e. The monoisotopic (exact) mass is 359 g/mol. The predicted molar refractivity (Wildman–Crippen MR) is 89.7 cm³/mol. The van der Waals surface area contributed by atoms with Gasteiger partial charge < -0.3 is 4.74 Å². The van der Waals surface area contributed by atoms with E-state index in [9.17, 15) is 8.42 Å². The minimum atomic E-state index is -3.77. The molecule has 0 bridgehead atoms. The quantitative estimate of drug-likeness (QED) is 0.802. The molecular weight excluding hydrogens is 345 g/mol. The van der Waals surface area contributed by atoms with E-state index in [0.29, 0.717) is 16.5 Å². The van der Waals surface area contributed by atoms with Crippen LogP contribution in [0.25, 0.3) is 0 Å². The summed E-state index contributed by atoms with van der Waals surface area (Å²) >= 11 is 12.1. The van der Waals surface area contributed by atoms with Crippen LogP contribution in [0, 0.1) is 0 Å². The van der Waals surface area contributed by atoms with Crippen molar-refractivity contribution >= 4 is 38.9 Å². The van der Waals surface area contributed by atoms with E-state index in [0.717, 1.165) is 0 Å². The van der Waals surface area contributed by atoms with Gasteiger partial charge in [-0.2, -0.15) is 0 Å². The number of nitrogens with zero attached hydrogens (tertiary/aromatic N) is 1. The van der Waals surface area contributed by atoms with Crippen molar-refractivity contribution < 1.29 is 13.2 Å². The van der Waals surface area contributed by atoms with E-state index >= 15 is 0 Å². The minimum absolute atomic E-state index is 0.0834. The molecule has 0 atom stereocenters. The molecule has 0 saturated heterocycles. The summed E-state index contributed by atoms with van der Waals surface area (Å²) in [7, 11) is -2.30. The lowest BCUT2D eigenvalue weighted by molar-refractivity contribution is 0.414. The van der Waals surface area contributed by atoms with Gasteiger partial charge in [-0.3, -0.25) is 4.31 Å². The third kappa shape index (κ3) is 3.16. The van der Waals surface area contributed by atoms with Crippen molar-refractivity contribution in [2.24, 2.45) is 0 Å². The van der Waals surface area contributed by atoms with Gasteiger partial charge in [0.1, 0.15) is 5.75 Å². The predicted octanol–water partition coefficient (Wildman–Crippen LogP) is 4.22. The molecule has 118 valence electrons. The number of para-hydroxylation sites is 1. The number of hydrogen-bond donors (Lipinski definition) is 0. The van der Waals surface area contributed by atoms with Gasteiger partial charge in [0.15, 0.2) is 0 Å². The van der Waals surface area contributed by atoms with Gasteiger partial charge in [0.25, 0.3) is 10.0 Å². The number of methoxy groups -OCH3 is 1. The number of hydrogen-bond acceptors (Lipinski definition) is 3. The molecule has 4 nitrogen and oxygen atoms in total. The van der Waals surface area contributed by atoms with Crippen LogP contribution in [0.3, 0.4) is 0 Å². The molecule has 0 spiro atoms. The van der Waals surface area contributed by atoms with Crippen LogP contribution in [-0.4, -0.2) is 22.1 Å². The topological polar surface area (TPSA) is 46.6 Å². The average Bonchev–Trinajstić information content (AvgIpc) is 2.49. The Bertz CT molecular complexity index is 778. The molecule has 0 heterocycles. The Labute approximate surface area is 140 Å². The number of benzene rings is 2. The third-order valence-electron chi connectivity index (χ3n) is 3.12. The average molecular weight is 360 g/mol. The molecule has 0 aliphatic rings. The normalized spacial score (nSPS) is 11.3. The number of halogens is 2. The molecule has 0 aromatic heterocycles. The summed E-state index contributed by atoms with van der Waals surface area (Å²) in [5, 5.41) is 0.603. The zero-order chi connectivity index (χ0) is 16.3. The highest BCUT2D eigenvalue weighted by atomic mass is 35.5. The van der Waals surface area contributed by atoms with Crippen molar-refractivity contribution in [1.82, 2.24) is 0 Å². The molecule has 0 unspecified atom stereocenters. The zero-order valence-electron chi connectivity index (χ0n) is 12.1. The van der Waals surface area contributed by atoms with E-state index in [4.69, 9.17) is 27.9 Å². The van der Waals surface area contributed by atoms with Crippen LogP contribution in [0.2, 0.25) is 10.0 Å². The third-order valence-corrected chi connectivity index (χ3v) is 5.62. The van der Waals surface area contributed by atoms with Crippen LogP contribution in [0.4, 0.5) is 5.69 Å². The van der Waals surface area contributed by atoms with Crippen molar-refractivity contribution in [2.45, 2.75) is 11.8 Å². The van der Waals surface area contributed by atoms with Gasteiger partial charge in [-0.1, -0.05) is 35.3 Å². The van der Waals surface area contributed by atoms with Gasteiger partial charge in [-0.25, -0.2) is 8.42 Å². The van der Waals surface area contributed by atoms with Gasteiger partial charge >= 0.3 is 0 Å². The van der Waals surface area contributed by atoms with Crippen LogP contribution >= 0.6 is 23.2 Å². The van der Waals surface area contributed by atoms with Crippen molar-refractivity contribution in [3.05, 3.63) is 52.5 Å². The summed E-state index contributed by atoms with van der Waals surface area (Å²) in [5.74, 6) is 0.418. The smallest absolute Gasteiger partial charge is 0.264 e. The van der Waals surface area contributed by atoms with Crippen LogP contribution in [0.5, 0.6) is 5.75 Å². The van der Waals surface area contributed by atoms with Crippen LogP contribution in [0.1, 0.15) is 6.92 Å². The Morgan fingerprint density at radius 1 is 1.09 bits per heavy atom. The zero-order valence-corrected chi connectivity index (χ0v) is 14.4. The Morgan fingerprint density at radius 3 is 2.32 bits per heavy atom. The molecule has 0 radical (unpaired) electrons. The fraction of sp³-hybridized carbons (Fsp3) is 0.200. The van der Waals surface area contributed by atoms with Crippen molar-refractivity contribution in [3.63, 3.8) is 0 Å². The highest BCUT2D eigenvalue weighted by molar-refractivity contribution is 7.92. The molecule has 7 heteroatoms. The minimum Gasteiger partial charge on any atom is -0.495 e. The van der Waals surface area contributed by atoms with Crippen molar-refractivity contribution in [1.29, 1.82) is 0 Å². The summed E-state index contributed by atoms with van der Waals surface area (Å²) < 4.78 is 32.0. The lowest BCUT2D eigenvalue weighted by Gasteiger charge is -2.24. The molecule has 0 fully saturated rings. The fourth-order valence-corrected chi connectivity index (χ4v) is 4.19. The lowest BCUT2D eigenvalue weighted by Crippen LogP contribution is -2.31. The molecule has 0 aliphatic heterocycles.